The van der Waals surface area contributed by atoms with Crippen LogP contribution in [0.5, 0.6) is 0 Å². The van der Waals surface area contributed by atoms with Gasteiger partial charge in [0.05, 0.1) is 11.9 Å². The second-order valence-electron chi connectivity index (χ2n) is 5.52. The van der Waals surface area contributed by atoms with Crippen LogP contribution < -0.4 is 5.32 Å². The van der Waals surface area contributed by atoms with Crippen molar-refractivity contribution in [3.8, 4) is 0 Å². The number of aromatic nitrogens is 2. The fraction of sp³-hybridized carbons (Fsp3) is 0.786. The molecule has 0 bridgehead atoms. The van der Waals surface area contributed by atoms with E-state index in [2.05, 4.69) is 30.5 Å². The molecule has 0 unspecified atom stereocenters. The second-order valence-corrected chi connectivity index (χ2v) is 5.52. The van der Waals surface area contributed by atoms with E-state index >= 15 is 0 Å². The van der Waals surface area contributed by atoms with Gasteiger partial charge in [0.25, 0.3) is 0 Å². The minimum Gasteiger partial charge on any atom is -0.383 e. The van der Waals surface area contributed by atoms with Gasteiger partial charge in [0.1, 0.15) is 0 Å². The van der Waals surface area contributed by atoms with Crippen molar-refractivity contribution in [1.82, 2.24) is 9.78 Å². The molecule has 2 rings (SSSR count). The molecule has 96 valence electrons. The van der Waals surface area contributed by atoms with E-state index in [1.54, 1.807) is 0 Å². The molecule has 3 nitrogen and oxygen atoms in total. The normalized spacial score (nSPS) is 17.6. The molecule has 0 saturated heterocycles. The van der Waals surface area contributed by atoms with Crippen LogP contribution in [-0.2, 0) is 0 Å². The van der Waals surface area contributed by atoms with E-state index in [0.717, 1.165) is 18.2 Å². The third-order valence-electron chi connectivity index (χ3n) is 3.74. The zero-order chi connectivity index (χ0) is 12.1. The number of nitrogens with one attached hydrogen (secondary N) is 1. The fourth-order valence-corrected chi connectivity index (χ4v) is 2.61. The number of nitrogens with zero attached hydrogens (tertiary/aromatic N) is 2. The standard InChI is InChI=1S/C14H25N3/c1-12(2)17-11-14(10-16-17)15-9-8-13-6-4-3-5-7-13/h10-13,15H,3-9H2,1-2H3. The molecule has 0 spiro atoms. The topological polar surface area (TPSA) is 29.9 Å². The van der Waals surface area contributed by atoms with Crippen molar-refractivity contribution in [2.75, 3.05) is 11.9 Å². The lowest BCUT2D eigenvalue weighted by Gasteiger charge is -2.21. The number of anilines is 1. The third kappa shape index (κ3) is 3.76. The van der Waals surface area contributed by atoms with Crippen molar-refractivity contribution in [2.45, 2.75) is 58.4 Å². The lowest BCUT2D eigenvalue weighted by atomic mass is 9.87. The molecule has 1 aromatic rings. The van der Waals surface area contributed by atoms with Crippen LogP contribution in [0, 0.1) is 5.92 Å². The number of hydrogen-bond acceptors (Lipinski definition) is 2. The van der Waals surface area contributed by atoms with Gasteiger partial charge in [-0.1, -0.05) is 32.1 Å². The van der Waals surface area contributed by atoms with E-state index in [-0.39, 0.29) is 0 Å². The first-order valence-electron chi connectivity index (χ1n) is 7.03. The van der Waals surface area contributed by atoms with Gasteiger partial charge in [0.2, 0.25) is 0 Å². The Kier molecular flexibility index (Phi) is 4.46. The molecule has 0 radical (unpaired) electrons. The Morgan fingerprint density at radius 2 is 2.12 bits per heavy atom. The van der Waals surface area contributed by atoms with Crippen molar-refractivity contribution in [3.05, 3.63) is 12.4 Å². The van der Waals surface area contributed by atoms with Gasteiger partial charge in [-0.3, -0.25) is 4.68 Å². The van der Waals surface area contributed by atoms with Crippen LogP contribution in [0.4, 0.5) is 5.69 Å². The summed E-state index contributed by atoms with van der Waals surface area (Å²) >= 11 is 0. The Morgan fingerprint density at radius 1 is 1.35 bits per heavy atom. The summed E-state index contributed by atoms with van der Waals surface area (Å²) in [6.07, 6.45) is 12.6. The smallest absolute Gasteiger partial charge is 0.0726 e. The lowest BCUT2D eigenvalue weighted by molar-refractivity contribution is 0.345. The molecule has 17 heavy (non-hydrogen) atoms. The predicted octanol–water partition coefficient (Wildman–Crippen LogP) is 3.85. The summed E-state index contributed by atoms with van der Waals surface area (Å²) in [7, 11) is 0. The van der Waals surface area contributed by atoms with Crippen LogP contribution in [0.25, 0.3) is 0 Å². The van der Waals surface area contributed by atoms with Gasteiger partial charge in [0, 0.05) is 18.8 Å². The van der Waals surface area contributed by atoms with Crippen molar-refractivity contribution in [1.29, 1.82) is 0 Å². The van der Waals surface area contributed by atoms with Crippen LogP contribution in [-0.4, -0.2) is 16.3 Å². The van der Waals surface area contributed by atoms with E-state index in [4.69, 9.17) is 0 Å². The Balaban J connectivity index is 1.70. The van der Waals surface area contributed by atoms with Gasteiger partial charge >= 0.3 is 0 Å². The van der Waals surface area contributed by atoms with Crippen molar-refractivity contribution in [2.24, 2.45) is 5.92 Å². The molecule has 1 N–H and O–H groups in total. The number of hydrogen-bond donors (Lipinski definition) is 1. The first kappa shape index (κ1) is 12.5. The first-order chi connectivity index (χ1) is 8.25. The SMILES string of the molecule is CC(C)n1cc(NCCC2CCCCC2)cn1. The Labute approximate surface area is 105 Å². The van der Waals surface area contributed by atoms with Gasteiger partial charge in [0.15, 0.2) is 0 Å². The molecule has 0 amide bonds. The molecule has 0 aromatic carbocycles. The highest BCUT2D eigenvalue weighted by atomic mass is 15.3. The van der Waals surface area contributed by atoms with Crippen molar-refractivity contribution in [3.63, 3.8) is 0 Å². The summed E-state index contributed by atoms with van der Waals surface area (Å²) in [5.74, 6) is 0.955. The quantitative estimate of drug-likeness (QED) is 0.840. The summed E-state index contributed by atoms with van der Waals surface area (Å²) < 4.78 is 2.00. The van der Waals surface area contributed by atoms with Crippen LogP contribution >= 0.6 is 0 Å². The fourth-order valence-electron chi connectivity index (χ4n) is 2.61. The molecule has 1 saturated carbocycles. The second kappa shape index (κ2) is 6.08. The van der Waals surface area contributed by atoms with Crippen LogP contribution in [0.3, 0.4) is 0 Å². The molecule has 1 aliphatic rings. The minimum atomic E-state index is 0.448. The van der Waals surface area contributed by atoms with E-state index in [1.807, 2.05) is 10.9 Å². The molecular weight excluding hydrogens is 210 g/mol. The van der Waals surface area contributed by atoms with E-state index in [1.165, 1.54) is 38.5 Å². The van der Waals surface area contributed by atoms with Crippen molar-refractivity contribution >= 4 is 5.69 Å². The Morgan fingerprint density at radius 3 is 2.76 bits per heavy atom. The highest BCUT2D eigenvalue weighted by Crippen LogP contribution is 2.26. The van der Waals surface area contributed by atoms with Crippen LogP contribution in [0.2, 0.25) is 0 Å². The zero-order valence-electron chi connectivity index (χ0n) is 11.2. The maximum Gasteiger partial charge on any atom is 0.0726 e. The summed E-state index contributed by atoms with van der Waals surface area (Å²) in [5.41, 5.74) is 1.16. The molecule has 0 aliphatic heterocycles. The summed E-state index contributed by atoms with van der Waals surface area (Å²) in [6, 6.07) is 0.448. The molecule has 1 aliphatic carbocycles. The summed E-state index contributed by atoms with van der Waals surface area (Å²) in [5, 5.41) is 7.82. The average Bonchev–Trinajstić information content (AvgIpc) is 2.79. The predicted molar refractivity (Wildman–Crippen MR) is 72.3 cm³/mol. The van der Waals surface area contributed by atoms with E-state index in [9.17, 15) is 0 Å². The van der Waals surface area contributed by atoms with Gasteiger partial charge in [-0.05, 0) is 26.2 Å². The maximum absolute atomic E-state index is 4.34. The summed E-state index contributed by atoms with van der Waals surface area (Å²) in [6.45, 7) is 5.39. The monoisotopic (exact) mass is 235 g/mol. The summed E-state index contributed by atoms with van der Waals surface area (Å²) in [4.78, 5) is 0. The van der Waals surface area contributed by atoms with E-state index in [0.29, 0.717) is 6.04 Å². The lowest BCUT2D eigenvalue weighted by Crippen LogP contribution is -2.11. The molecule has 1 fully saturated rings. The van der Waals surface area contributed by atoms with Crippen LogP contribution in [0.1, 0.15) is 58.4 Å². The highest BCUT2D eigenvalue weighted by molar-refractivity contribution is 5.37. The highest BCUT2D eigenvalue weighted by Gasteiger charge is 2.12. The third-order valence-corrected chi connectivity index (χ3v) is 3.74. The van der Waals surface area contributed by atoms with Gasteiger partial charge in [-0.2, -0.15) is 5.10 Å². The molecular formula is C14H25N3. The van der Waals surface area contributed by atoms with Gasteiger partial charge in [-0.25, -0.2) is 0 Å². The largest absolute Gasteiger partial charge is 0.383 e. The first-order valence-corrected chi connectivity index (χ1v) is 7.03. The number of rotatable bonds is 5. The Bertz CT molecular complexity index is 324. The zero-order valence-corrected chi connectivity index (χ0v) is 11.2. The van der Waals surface area contributed by atoms with Gasteiger partial charge < -0.3 is 5.32 Å². The molecule has 1 aromatic heterocycles. The Hall–Kier alpha value is -0.990. The van der Waals surface area contributed by atoms with Crippen LogP contribution in [0.15, 0.2) is 12.4 Å². The molecule has 3 heteroatoms. The maximum atomic E-state index is 4.34. The molecule has 0 atom stereocenters. The minimum absolute atomic E-state index is 0.448. The van der Waals surface area contributed by atoms with Crippen molar-refractivity contribution < 1.29 is 0 Å². The average molecular weight is 235 g/mol. The molecule has 1 heterocycles. The van der Waals surface area contributed by atoms with E-state index < -0.39 is 0 Å². The van der Waals surface area contributed by atoms with Gasteiger partial charge in [-0.15, -0.1) is 0 Å².